The van der Waals surface area contributed by atoms with Crippen LogP contribution in [0.2, 0.25) is 5.02 Å². The average molecular weight is 556 g/mol. The number of halogens is 1. The van der Waals surface area contributed by atoms with Crippen LogP contribution in [0, 0.1) is 6.92 Å². The number of carbonyl (C=O) groups excluding carboxylic acids is 1. The Morgan fingerprint density at radius 3 is 1.49 bits per heavy atom. The molecule has 3 N–H and O–H groups in total. The molecule has 8 nitrogen and oxygen atoms in total. The van der Waals surface area contributed by atoms with Crippen molar-refractivity contribution in [3.63, 3.8) is 0 Å². The van der Waals surface area contributed by atoms with Crippen LogP contribution in [0.3, 0.4) is 0 Å². The van der Waals surface area contributed by atoms with E-state index in [1.807, 2.05) is 6.92 Å². The molecule has 4 aromatic carbocycles. The lowest BCUT2D eigenvalue weighted by Gasteiger charge is -2.11. The molecular formula is C26H22ClN3O5S2. The number of aryl methyl sites for hydroxylation is 1. The molecule has 4 rings (SSSR count). The van der Waals surface area contributed by atoms with E-state index in [4.69, 9.17) is 11.6 Å². The molecule has 0 saturated heterocycles. The Balaban J connectivity index is 1.39. The molecule has 4 aromatic rings. The molecule has 190 valence electrons. The summed E-state index contributed by atoms with van der Waals surface area (Å²) in [6.07, 6.45) is 0. The number of nitrogens with one attached hydrogen (secondary N) is 3. The van der Waals surface area contributed by atoms with Gasteiger partial charge in [0.15, 0.2) is 0 Å². The van der Waals surface area contributed by atoms with Crippen molar-refractivity contribution >= 4 is 54.6 Å². The molecule has 37 heavy (non-hydrogen) atoms. The van der Waals surface area contributed by atoms with E-state index >= 15 is 0 Å². The SMILES string of the molecule is Cc1ccc(S(=O)(=O)Nc2ccc(C(=O)Nc3ccc(S(=O)(=O)Nc4ccc(Cl)cc4)cc3)cc2)cc1. The maximum absolute atomic E-state index is 12.6. The lowest BCUT2D eigenvalue weighted by Crippen LogP contribution is -2.15. The smallest absolute Gasteiger partial charge is 0.261 e. The van der Waals surface area contributed by atoms with Gasteiger partial charge in [-0.25, -0.2) is 16.8 Å². The number of carbonyl (C=O) groups is 1. The summed E-state index contributed by atoms with van der Waals surface area (Å²) in [5, 5.41) is 3.17. The standard InChI is InChI=1S/C26H22ClN3O5S2/c1-18-2-14-24(15-3-18)36(32,33)29-22-8-4-19(5-9-22)26(31)28-21-12-16-25(17-13-21)37(34,35)30-23-10-6-20(27)7-11-23/h2-17,29-30H,1H3,(H,28,31). The minimum Gasteiger partial charge on any atom is -0.322 e. The molecule has 0 fully saturated rings. The number of rotatable bonds is 8. The maximum Gasteiger partial charge on any atom is 0.261 e. The van der Waals surface area contributed by atoms with E-state index < -0.39 is 26.0 Å². The lowest BCUT2D eigenvalue weighted by atomic mass is 10.2. The summed E-state index contributed by atoms with van der Waals surface area (Å²) in [7, 11) is -7.59. The molecule has 1 amide bonds. The van der Waals surface area contributed by atoms with E-state index in [0.29, 0.717) is 27.6 Å². The summed E-state index contributed by atoms with van der Waals surface area (Å²) in [5.74, 6) is -0.442. The van der Waals surface area contributed by atoms with Crippen LogP contribution >= 0.6 is 11.6 Å². The van der Waals surface area contributed by atoms with Gasteiger partial charge in [-0.15, -0.1) is 0 Å². The van der Waals surface area contributed by atoms with Crippen molar-refractivity contribution in [1.82, 2.24) is 0 Å². The number of anilines is 3. The van der Waals surface area contributed by atoms with Gasteiger partial charge in [-0.05, 0) is 91.9 Å². The Bertz CT molecular complexity index is 1620. The molecule has 0 aromatic heterocycles. The second kappa shape index (κ2) is 10.6. The van der Waals surface area contributed by atoms with Crippen LogP contribution < -0.4 is 14.8 Å². The first-order valence-electron chi connectivity index (χ1n) is 10.9. The topological polar surface area (TPSA) is 121 Å². The van der Waals surface area contributed by atoms with Gasteiger partial charge in [0, 0.05) is 27.6 Å². The van der Waals surface area contributed by atoms with Crippen molar-refractivity contribution in [2.75, 3.05) is 14.8 Å². The number of sulfonamides is 2. The Morgan fingerprint density at radius 1 is 0.595 bits per heavy atom. The summed E-state index contributed by atoms with van der Waals surface area (Å²) in [6.45, 7) is 1.87. The van der Waals surface area contributed by atoms with E-state index in [-0.39, 0.29) is 9.79 Å². The van der Waals surface area contributed by atoms with Crippen molar-refractivity contribution < 1.29 is 21.6 Å². The van der Waals surface area contributed by atoms with Gasteiger partial charge >= 0.3 is 0 Å². The Morgan fingerprint density at radius 2 is 1.00 bits per heavy atom. The number of amides is 1. The van der Waals surface area contributed by atoms with E-state index in [0.717, 1.165) is 5.56 Å². The van der Waals surface area contributed by atoms with Gasteiger partial charge in [-0.3, -0.25) is 14.2 Å². The Kier molecular flexibility index (Phi) is 7.53. The second-order valence-corrected chi connectivity index (χ2v) is 11.9. The zero-order valence-electron chi connectivity index (χ0n) is 19.5. The highest BCUT2D eigenvalue weighted by Gasteiger charge is 2.16. The van der Waals surface area contributed by atoms with E-state index in [2.05, 4.69) is 14.8 Å². The molecule has 0 saturated carbocycles. The Hall–Kier alpha value is -3.86. The Labute approximate surface area is 220 Å². The third-order valence-electron chi connectivity index (χ3n) is 5.25. The molecule has 0 aliphatic carbocycles. The molecule has 0 atom stereocenters. The highest BCUT2D eigenvalue weighted by Crippen LogP contribution is 2.21. The van der Waals surface area contributed by atoms with E-state index in [1.165, 1.54) is 60.7 Å². The van der Waals surface area contributed by atoms with Gasteiger partial charge in [0.1, 0.15) is 0 Å². The van der Waals surface area contributed by atoms with Gasteiger partial charge in [-0.2, -0.15) is 0 Å². The minimum absolute atomic E-state index is 0.0191. The second-order valence-electron chi connectivity index (χ2n) is 8.09. The van der Waals surface area contributed by atoms with Crippen molar-refractivity contribution in [3.8, 4) is 0 Å². The predicted octanol–water partition coefficient (Wildman–Crippen LogP) is 5.50. The van der Waals surface area contributed by atoms with Crippen LogP contribution in [0.4, 0.5) is 17.1 Å². The summed E-state index contributed by atoms with van der Waals surface area (Å²) in [4.78, 5) is 12.8. The first kappa shape index (κ1) is 26.2. The third-order valence-corrected chi connectivity index (χ3v) is 8.30. The fourth-order valence-corrected chi connectivity index (χ4v) is 5.52. The minimum atomic E-state index is -3.83. The maximum atomic E-state index is 12.6. The van der Waals surface area contributed by atoms with E-state index in [9.17, 15) is 21.6 Å². The summed E-state index contributed by atoms with van der Waals surface area (Å²) < 4.78 is 55.2. The van der Waals surface area contributed by atoms with Gasteiger partial charge < -0.3 is 5.32 Å². The highest BCUT2D eigenvalue weighted by atomic mass is 35.5. The zero-order chi connectivity index (χ0) is 26.6. The average Bonchev–Trinajstić information content (AvgIpc) is 2.86. The first-order chi connectivity index (χ1) is 17.5. The molecule has 0 aliphatic rings. The number of hydrogen-bond donors (Lipinski definition) is 3. The molecule has 0 radical (unpaired) electrons. The molecule has 0 heterocycles. The molecule has 0 aliphatic heterocycles. The summed E-state index contributed by atoms with van der Waals surface area (Å²) in [6, 6.07) is 24.3. The fourth-order valence-electron chi connectivity index (χ4n) is 3.27. The quantitative estimate of drug-likeness (QED) is 0.265. The predicted molar refractivity (Wildman–Crippen MR) is 145 cm³/mol. The zero-order valence-corrected chi connectivity index (χ0v) is 21.9. The molecule has 0 bridgehead atoms. The highest BCUT2D eigenvalue weighted by molar-refractivity contribution is 7.93. The van der Waals surface area contributed by atoms with Crippen LogP contribution in [0.25, 0.3) is 0 Å². The normalized spacial score (nSPS) is 11.5. The van der Waals surface area contributed by atoms with Crippen LogP contribution in [0.15, 0.2) is 107 Å². The largest absolute Gasteiger partial charge is 0.322 e. The molecule has 0 unspecified atom stereocenters. The molecule has 0 spiro atoms. The summed E-state index contributed by atoms with van der Waals surface area (Å²) >= 11 is 5.82. The molecular weight excluding hydrogens is 534 g/mol. The third kappa shape index (κ3) is 6.67. The van der Waals surface area contributed by atoms with Gasteiger partial charge in [0.25, 0.3) is 26.0 Å². The first-order valence-corrected chi connectivity index (χ1v) is 14.3. The number of benzene rings is 4. The van der Waals surface area contributed by atoms with Gasteiger partial charge in [-0.1, -0.05) is 29.3 Å². The van der Waals surface area contributed by atoms with Crippen LogP contribution in [-0.4, -0.2) is 22.7 Å². The van der Waals surface area contributed by atoms with Crippen LogP contribution in [0.5, 0.6) is 0 Å². The van der Waals surface area contributed by atoms with Crippen molar-refractivity contribution in [3.05, 3.63) is 113 Å². The lowest BCUT2D eigenvalue weighted by molar-refractivity contribution is 0.102. The number of hydrogen-bond acceptors (Lipinski definition) is 5. The van der Waals surface area contributed by atoms with Crippen molar-refractivity contribution in [2.45, 2.75) is 16.7 Å². The fraction of sp³-hybridized carbons (Fsp3) is 0.0385. The van der Waals surface area contributed by atoms with Crippen LogP contribution in [0.1, 0.15) is 15.9 Å². The summed E-state index contributed by atoms with van der Waals surface area (Å²) in [5.41, 5.74) is 2.30. The van der Waals surface area contributed by atoms with Crippen molar-refractivity contribution in [2.24, 2.45) is 0 Å². The monoisotopic (exact) mass is 555 g/mol. The van der Waals surface area contributed by atoms with Crippen LogP contribution in [-0.2, 0) is 20.0 Å². The van der Waals surface area contributed by atoms with Crippen molar-refractivity contribution in [1.29, 1.82) is 0 Å². The van der Waals surface area contributed by atoms with E-state index in [1.54, 1.807) is 36.4 Å². The van der Waals surface area contributed by atoms with Gasteiger partial charge in [0.2, 0.25) is 0 Å². The molecule has 11 heteroatoms. The van der Waals surface area contributed by atoms with Gasteiger partial charge in [0.05, 0.1) is 9.79 Å².